The number of rotatable bonds is 4. The van der Waals surface area contributed by atoms with Crippen molar-refractivity contribution in [1.29, 1.82) is 0 Å². The molecule has 0 N–H and O–H groups in total. The van der Waals surface area contributed by atoms with Gasteiger partial charge in [0, 0.05) is 0 Å². The molecule has 0 heterocycles. The molecule has 2 nitrogen and oxygen atoms in total. The second-order valence-electron chi connectivity index (χ2n) is 6.31. The second-order valence-corrected chi connectivity index (χ2v) is 6.31. The van der Waals surface area contributed by atoms with Crippen molar-refractivity contribution in [3.8, 4) is 0 Å². The van der Waals surface area contributed by atoms with E-state index in [1.807, 2.05) is 12.1 Å². The average molecular weight is 292 g/mol. The molecule has 0 radical (unpaired) electrons. The van der Waals surface area contributed by atoms with Gasteiger partial charge in [-0.15, -0.1) is 0 Å². The summed E-state index contributed by atoms with van der Waals surface area (Å²) in [7, 11) is 1.45. The van der Waals surface area contributed by atoms with Gasteiger partial charge in [-0.25, -0.2) is 4.39 Å². The first-order valence-electron chi connectivity index (χ1n) is 7.90. The zero-order chi connectivity index (χ0) is 15.4. The molecule has 1 aromatic rings. The maximum atomic E-state index is 13.2. The number of esters is 1. The molecule has 2 rings (SSSR count). The molecule has 1 aliphatic carbocycles. The van der Waals surface area contributed by atoms with Crippen LogP contribution in [0.1, 0.15) is 51.0 Å². The Bertz CT molecular complexity index is 469. The summed E-state index contributed by atoms with van der Waals surface area (Å²) in [6.07, 6.45) is 4.42. The highest BCUT2D eigenvalue weighted by Crippen LogP contribution is 2.45. The van der Waals surface area contributed by atoms with E-state index in [1.165, 1.54) is 25.7 Å². The Morgan fingerprint density at radius 3 is 2.52 bits per heavy atom. The molecule has 21 heavy (non-hydrogen) atoms. The summed E-state index contributed by atoms with van der Waals surface area (Å²) >= 11 is 0. The molecular weight excluding hydrogens is 267 g/mol. The second kappa shape index (κ2) is 7.06. The lowest BCUT2D eigenvalue weighted by Gasteiger charge is -2.39. The number of benzene rings is 1. The summed E-state index contributed by atoms with van der Waals surface area (Å²) < 4.78 is 18.2. The van der Waals surface area contributed by atoms with Crippen LogP contribution in [0.25, 0.3) is 0 Å². The van der Waals surface area contributed by atoms with E-state index < -0.39 is 0 Å². The maximum Gasteiger partial charge on any atom is 0.309 e. The predicted octanol–water partition coefficient (Wildman–Crippen LogP) is 4.54. The van der Waals surface area contributed by atoms with Crippen LogP contribution in [-0.2, 0) is 9.53 Å². The molecule has 0 spiro atoms. The van der Waals surface area contributed by atoms with Gasteiger partial charge in [0.15, 0.2) is 0 Å². The van der Waals surface area contributed by atoms with Crippen molar-refractivity contribution in [3.63, 3.8) is 0 Å². The minimum Gasteiger partial charge on any atom is -0.469 e. The molecule has 1 aromatic carbocycles. The van der Waals surface area contributed by atoms with Gasteiger partial charge in [-0.3, -0.25) is 4.79 Å². The highest BCUT2D eigenvalue weighted by Gasteiger charge is 2.40. The van der Waals surface area contributed by atoms with Crippen molar-refractivity contribution in [2.45, 2.75) is 45.4 Å². The third kappa shape index (κ3) is 3.63. The van der Waals surface area contributed by atoms with Crippen LogP contribution in [0.5, 0.6) is 0 Å². The van der Waals surface area contributed by atoms with Crippen LogP contribution < -0.4 is 0 Å². The van der Waals surface area contributed by atoms with Gasteiger partial charge in [-0.05, 0) is 48.3 Å². The van der Waals surface area contributed by atoms with Gasteiger partial charge >= 0.3 is 5.97 Å². The molecular formula is C18H25FO2. The summed E-state index contributed by atoms with van der Waals surface area (Å²) in [5.74, 6) is 0.597. The van der Waals surface area contributed by atoms with E-state index in [0.29, 0.717) is 11.8 Å². The largest absolute Gasteiger partial charge is 0.469 e. The van der Waals surface area contributed by atoms with Crippen LogP contribution in [0.3, 0.4) is 0 Å². The number of carbonyl (C=O) groups excluding carboxylic acids is 1. The highest BCUT2D eigenvalue weighted by atomic mass is 19.1. The Morgan fingerprint density at radius 1 is 1.29 bits per heavy atom. The molecule has 1 fully saturated rings. The molecule has 116 valence electrons. The first-order chi connectivity index (χ1) is 10.1. The van der Waals surface area contributed by atoms with Gasteiger partial charge in [0.25, 0.3) is 0 Å². The highest BCUT2D eigenvalue weighted by molar-refractivity contribution is 5.74. The smallest absolute Gasteiger partial charge is 0.309 e. The fourth-order valence-corrected chi connectivity index (χ4v) is 3.90. The van der Waals surface area contributed by atoms with Crippen LogP contribution in [0.4, 0.5) is 4.39 Å². The predicted molar refractivity (Wildman–Crippen MR) is 81.4 cm³/mol. The Balaban J connectivity index is 2.29. The quantitative estimate of drug-likeness (QED) is 0.761. The van der Waals surface area contributed by atoms with E-state index in [-0.39, 0.29) is 23.6 Å². The standard InChI is InChI=1S/C18H25FO2/c1-4-5-13-10-12(2)17(18(20)21-3)16(11-13)14-6-8-15(19)9-7-14/h6-9,12-13,16-17H,4-5,10-11H2,1-3H3. The zero-order valence-corrected chi connectivity index (χ0v) is 13.1. The van der Waals surface area contributed by atoms with Gasteiger partial charge in [-0.1, -0.05) is 38.8 Å². The molecule has 0 saturated heterocycles. The lowest BCUT2D eigenvalue weighted by atomic mass is 9.65. The van der Waals surface area contributed by atoms with Gasteiger partial charge in [0.2, 0.25) is 0 Å². The topological polar surface area (TPSA) is 26.3 Å². The molecule has 0 aromatic heterocycles. The van der Waals surface area contributed by atoms with Crippen LogP contribution in [0.15, 0.2) is 24.3 Å². The molecule has 1 aliphatic rings. The van der Waals surface area contributed by atoms with Crippen LogP contribution in [-0.4, -0.2) is 13.1 Å². The van der Waals surface area contributed by atoms with E-state index in [4.69, 9.17) is 4.74 Å². The maximum absolute atomic E-state index is 13.2. The molecule has 3 heteroatoms. The van der Waals surface area contributed by atoms with Crippen molar-refractivity contribution in [2.24, 2.45) is 17.8 Å². The van der Waals surface area contributed by atoms with Crippen molar-refractivity contribution < 1.29 is 13.9 Å². The van der Waals surface area contributed by atoms with Crippen molar-refractivity contribution in [2.75, 3.05) is 7.11 Å². The summed E-state index contributed by atoms with van der Waals surface area (Å²) in [6, 6.07) is 6.60. The Kier molecular flexibility index (Phi) is 5.38. The number of carbonyl (C=O) groups is 1. The van der Waals surface area contributed by atoms with Crippen LogP contribution >= 0.6 is 0 Å². The summed E-state index contributed by atoms with van der Waals surface area (Å²) in [5.41, 5.74) is 1.06. The summed E-state index contributed by atoms with van der Waals surface area (Å²) in [4.78, 5) is 12.2. The summed E-state index contributed by atoms with van der Waals surface area (Å²) in [6.45, 7) is 4.34. The molecule has 4 unspecified atom stereocenters. The summed E-state index contributed by atoms with van der Waals surface area (Å²) in [5, 5.41) is 0. The fraction of sp³-hybridized carbons (Fsp3) is 0.611. The number of hydrogen-bond donors (Lipinski definition) is 0. The number of hydrogen-bond acceptors (Lipinski definition) is 2. The van der Waals surface area contributed by atoms with E-state index >= 15 is 0 Å². The van der Waals surface area contributed by atoms with Crippen molar-refractivity contribution in [3.05, 3.63) is 35.6 Å². The number of ether oxygens (including phenoxy) is 1. The molecule has 0 aliphatic heterocycles. The van der Waals surface area contributed by atoms with Crippen molar-refractivity contribution in [1.82, 2.24) is 0 Å². The van der Waals surface area contributed by atoms with Gasteiger partial charge in [0.1, 0.15) is 5.82 Å². The normalized spacial score (nSPS) is 29.1. The third-order valence-corrected chi connectivity index (χ3v) is 4.81. The SMILES string of the molecule is CCCC1CC(C)C(C(=O)OC)C(c2ccc(F)cc2)C1. The molecule has 1 saturated carbocycles. The van der Waals surface area contributed by atoms with Gasteiger partial charge in [0.05, 0.1) is 13.0 Å². The molecule has 0 amide bonds. The zero-order valence-electron chi connectivity index (χ0n) is 13.1. The van der Waals surface area contributed by atoms with Gasteiger partial charge in [-0.2, -0.15) is 0 Å². The van der Waals surface area contributed by atoms with Gasteiger partial charge < -0.3 is 4.74 Å². The Hall–Kier alpha value is -1.38. The third-order valence-electron chi connectivity index (χ3n) is 4.81. The fourth-order valence-electron chi connectivity index (χ4n) is 3.90. The molecule has 4 atom stereocenters. The van der Waals surface area contributed by atoms with E-state index in [9.17, 15) is 9.18 Å². The first kappa shape index (κ1) is 16.0. The number of halogens is 1. The van der Waals surface area contributed by atoms with Crippen molar-refractivity contribution >= 4 is 5.97 Å². The lowest BCUT2D eigenvalue weighted by Crippen LogP contribution is -2.36. The minimum absolute atomic E-state index is 0.117. The number of methoxy groups -OCH3 is 1. The minimum atomic E-state index is -0.234. The van der Waals surface area contributed by atoms with E-state index in [1.54, 1.807) is 0 Å². The first-order valence-corrected chi connectivity index (χ1v) is 7.90. The Labute approximate surface area is 126 Å². The van der Waals surface area contributed by atoms with Crippen LogP contribution in [0.2, 0.25) is 0 Å². The average Bonchev–Trinajstić information content (AvgIpc) is 2.47. The monoisotopic (exact) mass is 292 g/mol. The molecule has 0 bridgehead atoms. The Morgan fingerprint density at radius 2 is 1.95 bits per heavy atom. The lowest BCUT2D eigenvalue weighted by molar-refractivity contribution is -0.150. The van der Waals surface area contributed by atoms with Crippen LogP contribution in [0, 0.1) is 23.6 Å². The van der Waals surface area contributed by atoms with E-state index in [0.717, 1.165) is 24.8 Å². The van der Waals surface area contributed by atoms with E-state index in [2.05, 4.69) is 13.8 Å².